The van der Waals surface area contributed by atoms with Gasteiger partial charge in [0.15, 0.2) is 0 Å². The van der Waals surface area contributed by atoms with Crippen LogP contribution in [0.5, 0.6) is 0 Å². The average molecular weight is 112 g/mol. The zero-order valence-corrected chi connectivity index (χ0v) is 5.36. The molecule has 0 amide bonds. The number of hydrogen-bond acceptors (Lipinski definition) is 2. The summed E-state index contributed by atoms with van der Waals surface area (Å²) < 4.78 is 0. The molecule has 3 N–H and O–H groups in total. The topological polar surface area (TPSA) is 38.0 Å². The van der Waals surface area contributed by atoms with Crippen LogP contribution in [-0.4, -0.2) is 7.05 Å². The fraction of sp³-hybridized carbons (Fsp3) is 0.333. The van der Waals surface area contributed by atoms with E-state index < -0.39 is 0 Å². The highest BCUT2D eigenvalue weighted by atomic mass is 14.8. The molecule has 0 aliphatic carbocycles. The summed E-state index contributed by atoms with van der Waals surface area (Å²) in [5.74, 6) is 0. The Morgan fingerprint density at radius 2 is 2.25 bits per heavy atom. The molecule has 0 bridgehead atoms. The Hall–Kier alpha value is -0.920. The molecule has 0 atom stereocenters. The van der Waals surface area contributed by atoms with Crippen molar-refractivity contribution in [3.05, 3.63) is 24.0 Å². The molecule has 0 aliphatic rings. The van der Waals surface area contributed by atoms with E-state index in [2.05, 4.69) is 11.9 Å². The van der Waals surface area contributed by atoms with Crippen molar-refractivity contribution in [2.75, 3.05) is 7.05 Å². The molecule has 0 rings (SSSR count). The largest absolute Gasteiger partial charge is 0.399 e. The van der Waals surface area contributed by atoms with Crippen LogP contribution in [0.3, 0.4) is 0 Å². The number of allylic oxidation sites excluding steroid dienone is 1. The fourth-order valence-electron chi connectivity index (χ4n) is 0.309. The molecule has 0 saturated carbocycles. The van der Waals surface area contributed by atoms with Gasteiger partial charge in [-0.2, -0.15) is 0 Å². The highest BCUT2D eigenvalue weighted by Crippen LogP contribution is 1.95. The molecule has 0 aromatic rings. The first kappa shape index (κ1) is 7.08. The van der Waals surface area contributed by atoms with Gasteiger partial charge < -0.3 is 11.1 Å². The second kappa shape index (κ2) is 3.13. The maximum atomic E-state index is 5.32. The van der Waals surface area contributed by atoms with E-state index in [0.29, 0.717) is 5.70 Å². The second-order valence-electron chi connectivity index (χ2n) is 1.64. The van der Waals surface area contributed by atoms with Crippen LogP contribution in [0.4, 0.5) is 0 Å². The molecule has 0 unspecified atom stereocenters. The van der Waals surface area contributed by atoms with Crippen LogP contribution in [0.15, 0.2) is 24.0 Å². The number of rotatable bonds is 2. The monoisotopic (exact) mass is 112 g/mol. The van der Waals surface area contributed by atoms with Crippen molar-refractivity contribution in [3.63, 3.8) is 0 Å². The van der Waals surface area contributed by atoms with Crippen molar-refractivity contribution in [2.45, 2.75) is 6.92 Å². The maximum absolute atomic E-state index is 5.32. The predicted octanol–water partition coefficient (Wildman–Crippen LogP) is 0.582. The van der Waals surface area contributed by atoms with Crippen molar-refractivity contribution < 1.29 is 0 Å². The molecule has 0 heterocycles. The van der Waals surface area contributed by atoms with Gasteiger partial charge >= 0.3 is 0 Å². The van der Waals surface area contributed by atoms with E-state index in [4.69, 9.17) is 5.73 Å². The number of nitrogens with one attached hydrogen (secondary N) is 1. The van der Waals surface area contributed by atoms with Crippen LogP contribution >= 0.6 is 0 Å². The highest BCUT2D eigenvalue weighted by Gasteiger charge is 1.84. The summed E-state index contributed by atoms with van der Waals surface area (Å²) in [6, 6.07) is 0. The van der Waals surface area contributed by atoms with Crippen LogP contribution in [0, 0.1) is 0 Å². The third-order valence-corrected chi connectivity index (χ3v) is 0.867. The van der Waals surface area contributed by atoms with E-state index >= 15 is 0 Å². The van der Waals surface area contributed by atoms with Crippen molar-refractivity contribution in [1.29, 1.82) is 0 Å². The van der Waals surface area contributed by atoms with E-state index in [-0.39, 0.29) is 0 Å². The summed E-state index contributed by atoms with van der Waals surface area (Å²) >= 11 is 0. The van der Waals surface area contributed by atoms with Crippen molar-refractivity contribution in [3.8, 4) is 0 Å². The SMILES string of the molecule is C=C(N)/C(C)=C/NC. The van der Waals surface area contributed by atoms with Gasteiger partial charge in [-0.1, -0.05) is 6.58 Å². The summed E-state index contributed by atoms with van der Waals surface area (Å²) in [6.07, 6.45) is 1.81. The van der Waals surface area contributed by atoms with Gasteiger partial charge in [0.25, 0.3) is 0 Å². The Balaban J connectivity index is 3.80. The summed E-state index contributed by atoms with van der Waals surface area (Å²) in [5.41, 5.74) is 6.91. The lowest BCUT2D eigenvalue weighted by molar-refractivity contribution is 1.07. The van der Waals surface area contributed by atoms with Gasteiger partial charge in [-0.05, 0) is 12.5 Å². The zero-order chi connectivity index (χ0) is 6.57. The lowest BCUT2D eigenvalue weighted by atomic mass is 10.3. The smallest absolute Gasteiger partial charge is 0.0285 e. The van der Waals surface area contributed by atoms with Gasteiger partial charge in [0.05, 0.1) is 0 Å². The van der Waals surface area contributed by atoms with Crippen LogP contribution in [0.1, 0.15) is 6.92 Å². The van der Waals surface area contributed by atoms with Gasteiger partial charge in [0.1, 0.15) is 0 Å². The van der Waals surface area contributed by atoms with E-state index in [1.54, 1.807) is 0 Å². The van der Waals surface area contributed by atoms with Crippen molar-refractivity contribution in [1.82, 2.24) is 5.32 Å². The first-order chi connectivity index (χ1) is 3.68. The molecular formula is C6H12N2. The lowest BCUT2D eigenvalue weighted by Gasteiger charge is -1.96. The summed E-state index contributed by atoms with van der Waals surface area (Å²) in [7, 11) is 1.83. The van der Waals surface area contributed by atoms with E-state index in [1.165, 1.54) is 0 Å². The van der Waals surface area contributed by atoms with Crippen molar-refractivity contribution in [2.24, 2.45) is 5.73 Å². The molecule has 0 radical (unpaired) electrons. The minimum absolute atomic E-state index is 0.611. The lowest BCUT2D eigenvalue weighted by Crippen LogP contribution is -2.01. The van der Waals surface area contributed by atoms with Crippen LogP contribution in [0.25, 0.3) is 0 Å². The molecular weight excluding hydrogens is 100 g/mol. The standard InChI is InChI=1S/C6H12N2/c1-5(4-8-3)6(2)7/h4,8H,2,7H2,1,3H3/b5-4+. The molecule has 8 heavy (non-hydrogen) atoms. The normalized spacial score (nSPS) is 11.0. The molecule has 0 aliphatic heterocycles. The fourth-order valence-corrected chi connectivity index (χ4v) is 0.309. The zero-order valence-electron chi connectivity index (χ0n) is 5.36. The quantitative estimate of drug-likeness (QED) is 0.513. The molecule has 0 saturated heterocycles. The summed E-state index contributed by atoms with van der Waals surface area (Å²) in [6.45, 7) is 5.44. The Morgan fingerprint density at radius 1 is 1.75 bits per heavy atom. The number of hydrogen-bond donors (Lipinski definition) is 2. The minimum atomic E-state index is 0.611. The Labute approximate surface area is 50.1 Å². The molecule has 0 aromatic carbocycles. The molecule has 2 heteroatoms. The van der Waals surface area contributed by atoms with Gasteiger partial charge in [-0.15, -0.1) is 0 Å². The van der Waals surface area contributed by atoms with Crippen LogP contribution in [0.2, 0.25) is 0 Å². The van der Waals surface area contributed by atoms with Gasteiger partial charge in [0, 0.05) is 18.9 Å². The van der Waals surface area contributed by atoms with Gasteiger partial charge in [-0.3, -0.25) is 0 Å². The van der Waals surface area contributed by atoms with E-state index in [0.717, 1.165) is 5.57 Å². The molecule has 46 valence electrons. The first-order valence-electron chi connectivity index (χ1n) is 2.47. The Bertz CT molecular complexity index is 114. The third kappa shape index (κ3) is 2.29. The Morgan fingerprint density at radius 3 is 2.38 bits per heavy atom. The van der Waals surface area contributed by atoms with E-state index in [1.807, 2.05) is 20.2 Å². The first-order valence-corrected chi connectivity index (χ1v) is 2.47. The molecule has 0 fully saturated rings. The van der Waals surface area contributed by atoms with E-state index in [9.17, 15) is 0 Å². The molecule has 0 aromatic heterocycles. The maximum Gasteiger partial charge on any atom is 0.0285 e. The van der Waals surface area contributed by atoms with Gasteiger partial charge in [-0.25, -0.2) is 0 Å². The summed E-state index contributed by atoms with van der Waals surface area (Å²) in [4.78, 5) is 0. The predicted molar refractivity (Wildman–Crippen MR) is 36.1 cm³/mol. The van der Waals surface area contributed by atoms with Crippen LogP contribution in [-0.2, 0) is 0 Å². The average Bonchev–Trinajstić information content (AvgIpc) is 1.67. The molecule has 0 spiro atoms. The third-order valence-electron chi connectivity index (χ3n) is 0.867. The Kier molecular flexibility index (Phi) is 2.77. The molecule has 2 nitrogen and oxygen atoms in total. The van der Waals surface area contributed by atoms with Crippen molar-refractivity contribution >= 4 is 0 Å². The van der Waals surface area contributed by atoms with Crippen LogP contribution < -0.4 is 11.1 Å². The highest BCUT2D eigenvalue weighted by molar-refractivity contribution is 5.21. The summed E-state index contributed by atoms with van der Waals surface area (Å²) in [5, 5.41) is 2.85. The minimum Gasteiger partial charge on any atom is -0.399 e. The second-order valence-corrected chi connectivity index (χ2v) is 1.64. The number of nitrogens with two attached hydrogens (primary N) is 1. The van der Waals surface area contributed by atoms with Gasteiger partial charge in [0.2, 0.25) is 0 Å².